The summed E-state index contributed by atoms with van der Waals surface area (Å²) in [7, 11) is 0. The number of ether oxygens (including phenoxy) is 3. The fourth-order valence-corrected chi connectivity index (χ4v) is 2.83. The molecule has 3 aromatic rings. The number of aromatic nitrogens is 2. The first-order chi connectivity index (χ1) is 15.1. The van der Waals surface area contributed by atoms with Crippen LogP contribution in [0.25, 0.3) is 5.69 Å². The molecule has 1 heterocycles. The minimum absolute atomic E-state index is 0.117. The summed E-state index contributed by atoms with van der Waals surface area (Å²) in [5.74, 6) is 0.127. The number of hydrogen-bond acceptors (Lipinski definition) is 6. The van der Waals surface area contributed by atoms with E-state index < -0.39 is 11.9 Å². The van der Waals surface area contributed by atoms with Crippen LogP contribution in [0.3, 0.4) is 0 Å². The van der Waals surface area contributed by atoms with Gasteiger partial charge in [0.2, 0.25) is 0 Å². The molecule has 2 aromatic carbocycles. The van der Waals surface area contributed by atoms with E-state index in [0.29, 0.717) is 30.3 Å². The highest BCUT2D eigenvalue weighted by Crippen LogP contribution is 2.28. The number of esters is 1. The van der Waals surface area contributed by atoms with E-state index in [1.165, 1.54) is 0 Å². The Morgan fingerprint density at radius 2 is 1.74 bits per heavy atom. The molecule has 0 bridgehead atoms. The SMILES string of the molecule is CCOc1ccc(C(=O)NCC(=O)OCc2ccc(-n3cccn3)cc2)cc1OCC. The van der Waals surface area contributed by atoms with Gasteiger partial charge in [0.15, 0.2) is 11.5 Å². The molecule has 1 aromatic heterocycles. The minimum Gasteiger partial charge on any atom is -0.490 e. The fraction of sp³-hybridized carbons (Fsp3) is 0.261. The predicted molar refractivity (Wildman–Crippen MR) is 114 cm³/mol. The number of hydrogen-bond donors (Lipinski definition) is 1. The zero-order valence-corrected chi connectivity index (χ0v) is 17.5. The molecule has 0 radical (unpaired) electrons. The summed E-state index contributed by atoms with van der Waals surface area (Å²) in [4.78, 5) is 24.4. The topological polar surface area (TPSA) is 91.7 Å². The van der Waals surface area contributed by atoms with E-state index in [-0.39, 0.29) is 13.2 Å². The van der Waals surface area contributed by atoms with Crippen LogP contribution in [0.2, 0.25) is 0 Å². The maximum atomic E-state index is 12.4. The molecule has 3 rings (SSSR count). The van der Waals surface area contributed by atoms with Crippen LogP contribution in [0, 0.1) is 0 Å². The van der Waals surface area contributed by atoms with Crippen LogP contribution in [0.5, 0.6) is 11.5 Å². The molecule has 0 saturated heterocycles. The van der Waals surface area contributed by atoms with Gasteiger partial charge >= 0.3 is 5.97 Å². The number of rotatable bonds is 10. The Labute approximate surface area is 180 Å². The Kier molecular flexibility index (Phi) is 7.64. The molecular formula is C23H25N3O5. The highest BCUT2D eigenvalue weighted by atomic mass is 16.5. The van der Waals surface area contributed by atoms with Crippen molar-refractivity contribution in [1.82, 2.24) is 15.1 Å². The Morgan fingerprint density at radius 1 is 1.00 bits per heavy atom. The van der Waals surface area contributed by atoms with E-state index in [9.17, 15) is 9.59 Å². The van der Waals surface area contributed by atoms with Gasteiger partial charge in [-0.2, -0.15) is 5.10 Å². The van der Waals surface area contributed by atoms with Gasteiger partial charge in [-0.25, -0.2) is 4.68 Å². The van der Waals surface area contributed by atoms with Crippen molar-refractivity contribution >= 4 is 11.9 Å². The molecule has 8 nitrogen and oxygen atoms in total. The first kappa shape index (κ1) is 21.9. The van der Waals surface area contributed by atoms with Gasteiger partial charge in [-0.05, 0) is 55.8 Å². The molecule has 31 heavy (non-hydrogen) atoms. The van der Waals surface area contributed by atoms with Crippen LogP contribution in [-0.2, 0) is 16.1 Å². The lowest BCUT2D eigenvalue weighted by Gasteiger charge is -2.12. The van der Waals surface area contributed by atoms with E-state index in [4.69, 9.17) is 14.2 Å². The zero-order valence-electron chi connectivity index (χ0n) is 17.5. The largest absolute Gasteiger partial charge is 0.490 e. The smallest absolute Gasteiger partial charge is 0.325 e. The van der Waals surface area contributed by atoms with Crippen LogP contribution in [0.1, 0.15) is 29.8 Å². The molecule has 0 atom stereocenters. The van der Waals surface area contributed by atoms with E-state index in [0.717, 1.165) is 11.3 Å². The van der Waals surface area contributed by atoms with Gasteiger partial charge in [0.1, 0.15) is 13.2 Å². The second kappa shape index (κ2) is 10.8. The third-order valence-corrected chi connectivity index (χ3v) is 4.30. The predicted octanol–water partition coefficient (Wildman–Crippen LogP) is 3.14. The first-order valence-corrected chi connectivity index (χ1v) is 10.0. The highest BCUT2D eigenvalue weighted by Gasteiger charge is 2.13. The second-order valence-electron chi connectivity index (χ2n) is 6.49. The fourth-order valence-electron chi connectivity index (χ4n) is 2.83. The van der Waals surface area contributed by atoms with Gasteiger partial charge in [-0.3, -0.25) is 9.59 Å². The molecule has 0 unspecified atom stereocenters. The van der Waals surface area contributed by atoms with Crippen molar-refractivity contribution in [1.29, 1.82) is 0 Å². The Hall–Kier alpha value is -3.81. The van der Waals surface area contributed by atoms with Crippen molar-refractivity contribution in [3.63, 3.8) is 0 Å². The standard InChI is InChI=1S/C23H25N3O5/c1-3-29-20-11-8-18(14-21(20)30-4-2)23(28)24-15-22(27)31-16-17-6-9-19(10-7-17)26-13-5-12-25-26/h5-14H,3-4,15-16H2,1-2H3,(H,24,28). The lowest BCUT2D eigenvalue weighted by Crippen LogP contribution is -2.30. The maximum absolute atomic E-state index is 12.4. The lowest BCUT2D eigenvalue weighted by atomic mass is 10.2. The van der Waals surface area contributed by atoms with Crippen molar-refractivity contribution in [2.45, 2.75) is 20.5 Å². The van der Waals surface area contributed by atoms with Crippen molar-refractivity contribution in [2.75, 3.05) is 19.8 Å². The van der Waals surface area contributed by atoms with E-state index in [1.54, 1.807) is 29.1 Å². The maximum Gasteiger partial charge on any atom is 0.325 e. The van der Waals surface area contributed by atoms with Gasteiger partial charge in [0.05, 0.1) is 18.9 Å². The summed E-state index contributed by atoms with van der Waals surface area (Å²) in [6.45, 7) is 4.54. The van der Waals surface area contributed by atoms with Crippen LogP contribution in [0.15, 0.2) is 60.9 Å². The van der Waals surface area contributed by atoms with Crippen molar-refractivity contribution < 1.29 is 23.8 Å². The monoisotopic (exact) mass is 423 g/mol. The molecule has 0 saturated carbocycles. The third-order valence-electron chi connectivity index (χ3n) is 4.30. The number of amides is 1. The Bertz CT molecular complexity index is 1000. The average molecular weight is 423 g/mol. The molecule has 0 aliphatic rings. The molecule has 162 valence electrons. The van der Waals surface area contributed by atoms with Crippen LogP contribution in [0.4, 0.5) is 0 Å². The molecule has 0 aliphatic carbocycles. The summed E-state index contributed by atoms with van der Waals surface area (Å²) in [6.07, 6.45) is 3.55. The summed E-state index contributed by atoms with van der Waals surface area (Å²) in [5, 5.41) is 6.72. The molecular weight excluding hydrogens is 398 g/mol. The quantitative estimate of drug-likeness (QED) is 0.504. The minimum atomic E-state index is -0.527. The van der Waals surface area contributed by atoms with E-state index in [1.807, 2.05) is 50.4 Å². The Balaban J connectivity index is 1.49. The molecule has 0 fully saturated rings. The van der Waals surface area contributed by atoms with Crippen LogP contribution < -0.4 is 14.8 Å². The van der Waals surface area contributed by atoms with Crippen LogP contribution in [-0.4, -0.2) is 41.4 Å². The number of nitrogens with one attached hydrogen (secondary N) is 1. The lowest BCUT2D eigenvalue weighted by molar-refractivity contribution is -0.143. The molecule has 1 amide bonds. The molecule has 8 heteroatoms. The zero-order chi connectivity index (χ0) is 22.1. The number of nitrogens with zero attached hydrogens (tertiary/aromatic N) is 2. The van der Waals surface area contributed by atoms with Gasteiger partial charge in [-0.1, -0.05) is 12.1 Å². The van der Waals surface area contributed by atoms with Crippen molar-refractivity contribution in [3.05, 3.63) is 72.1 Å². The average Bonchev–Trinajstić information content (AvgIpc) is 3.33. The van der Waals surface area contributed by atoms with Crippen molar-refractivity contribution in [3.8, 4) is 17.2 Å². The third kappa shape index (κ3) is 6.08. The molecule has 0 spiro atoms. The number of carbonyl (C=O) groups is 2. The van der Waals surface area contributed by atoms with Crippen LogP contribution >= 0.6 is 0 Å². The van der Waals surface area contributed by atoms with Gasteiger partial charge in [-0.15, -0.1) is 0 Å². The molecule has 1 N–H and O–H groups in total. The summed E-state index contributed by atoms with van der Waals surface area (Å²) < 4.78 is 18.0. The summed E-state index contributed by atoms with van der Waals surface area (Å²) >= 11 is 0. The van der Waals surface area contributed by atoms with Crippen molar-refractivity contribution in [2.24, 2.45) is 0 Å². The van der Waals surface area contributed by atoms with Gasteiger partial charge in [0, 0.05) is 18.0 Å². The van der Waals surface area contributed by atoms with E-state index in [2.05, 4.69) is 10.4 Å². The Morgan fingerprint density at radius 3 is 2.42 bits per heavy atom. The normalized spacial score (nSPS) is 10.4. The summed E-state index contributed by atoms with van der Waals surface area (Å²) in [6, 6.07) is 14.2. The second-order valence-corrected chi connectivity index (χ2v) is 6.49. The number of carbonyl (C=O) groups excluding carboxylic acids is 2. The highest BCUT2D eigenvalue weighted by molar-refractivity contribution is 5.96. The number of benzene rings is 2. The van der Waals surface area contributed by atoms with Gasteiger partial charge in [0.25, 0.3) is 5.91 Å². The first-order valence-electron chi connectivity index (χ1n) is 10.0. The van der Waals surface area contributed by atoms with Gasteiger partial charge < -0.3 is 19.5 Å². The van der Waals surface area contributed by atoms with E-state index >= 15 is 0 Å². The molecule has 0 aliphatic heterocycles. The summed E-state index contributed by atoms with van der Waals surface area (Å²) in [5.41, 5.74) is 2.12.